The third-order valence-electron chi connectivity index (χ3n) is 3.65. The molecule has 1 N–H and O–H groups in total. The Kier molecular flexibility index (Phi) is 3.78. The van der Waals surface area contributed by atoms with Crippen LogP contribution in [0.15, 0.2) is 59.7 Å². The predicted molar refractivity (Wildman–Crippen MR) is 82.9 cm³/mol. The average Bonchev–Trinajstić information content (AvgIpc) is 3.18. The molecule has 0 bridgehead atoms. The van der Waals surface area contributed by atoms with Crippen molar-refractivity contribution in [3.63, 3.8) is 0 Å². The Morgan fingerprint density at radius 1 is 1.27 bits per heavy atom. The zero-order valence-electron chi connectivity index (χ0n) is 12.5. The second-order valence-corrected chi connectivity index (χ2v) is 5.15. The first-order valence-corrected chi connectivity index (χ1v) is 7.08. The van der Waals surface area contributed by atoms with Gasteiger partial charge in [0.2, 0.25) is 0 Å². The smallest absolute Gasteiger partial charge is 0.255 e. The van der Waals surface area contributed by atoms with Crippen molar-refractivity contribution in [2.24, 2.45) is 0 Å². The molecule has 0 aliphatic rings. The van der Waals surface area contributed by atoms with Crippen molar-refractivity contribution >= 4 is 5.91 Å². The molecule has 1 unspecified atom stereocenters. The van der Waals surface area contributed by atoms with Crippen LogP contribution in [0.3, 0.4) is 0 Å². The first-order chi connectivity index (χ1) is 10.6. The van der Waals surface area contributed by atoms with Crippen molar-refractivity contribution in [1.29, 1.82) is 0 Å². The van der Waals surface area contributed by atoms with E-state index in [2.05, 4.69) is 10.3 Å². The molecule has 2 aromatic heterocycles. The second kappa shape index (κ2) is 5.89. The van der Waals surface area contributed by atoms with Gasteiger partial charge in [0.1, 0.15) is 5.76 Å². The van der Waals surface area contributed by atoms with Crippen LogP contribution in [0.1, 0.15) is 34.6 Å². The monoisotopic (exact) mass is 295 g/mol. The van der Waals surface area contributed by atoms with Gasteiger partial charge in [-0.25, -0.2) is 4.98 Å². The van der Waals surface area contributed by atoms with E-state index in [1.54, 1.807) is 25.5 Å². The summed E-state index contributed by atoms with van der Waals surface area (Å²) in [5, 5.41) is 2.98. The zero-order valence-corrected chi connectivity index (χ0v) is 12.5. The molecule has 22 heavy (non-hydrogen) atoms. The highest BCUT2D eigenvalue weighted by molar-refractivity contribution is 5.95. The minimum absolute atomic E-state index is 0.0846. The fourth-order valence-corrected chi connectivity index (χ4v) is 2.33. The molecule has 5 nitrogen and oxygen atoms in total. The van der Waals surface area contributed by atoms with Crippen molar-refractivity contribution in [1.82, 2.24) is 14.9 Å². The summed E-state index contributed by atoms with van der Waals surface area (Å²) in [5.41, 5.74) is 2.64. The normalized spacial score (nSPS) is 12.1. The molecular formula is C17H17N3O2. The van der Waals surface area contributed by atoms with Crippen molar-refractivity contribution in [2.75, 3.05) is 0 Å². The number of amides is 1. The van der Waals surface area contributed by atoms with Crippen molar-refractivity contribution < 1.29 is 9.21 Å². The van der Waals surface area contributed by atoms with Gasteiger partial charge in [-0.15, -0.1) is 0 Å². The Labute approximate surface area is 128 Å². The van der Waals surface area contributed by atoms with E-state index in [0.29, 0.717) is 11.3 Å². The maximum atomic E-state index is 12.2. The second-order valence-electron chi connectivity index (χ2n) is 5.15. The Morgan fingerprint density at radius 3 is 2.64 bits per heavy atom. The summed E-state index contributed by atoms with van der Waals surface area (Å²) in [6.45, 7) is 3.74. The molecule has 2 heterocycles. The van der Waals surface area contributed by atoms with Crippen LogP contribution in [0.2, 0.25) is 0 Å². The number of aryl methyl sites for hydroxylation is 1. The van der Waals surface area contributed by atoms with E-state index >= 15 is 0 Å². The van der Waals surface area contributed by atoms with E-state index < -0.39 is 0 Å². The van der Waals surface area contributed by atoms with Crippen LogP contribution in [-0.2, 0) is 0 Å². The van der Waals surface area contributed by atoms with Crippen LogP contribution in [-0.4, -0.2) is 15.5 Å². The van der Waals surface area contributed by atoms with Crippen molar-refractivity contribution in [3.05, 3.63) is 72.2 Å². The summed E-state index contributed by atoms with van der Waals surface area (Å²) >= 11 is 0. The molecule has 0 fully saturated rings. The molecule has 0 spiro atoms. The van der Waals surface area contributed by atoms with E-state index in [9.17, 15) is 4.79 Å². The number of carbonyl (C=O) groups is 1. The molecule has 3 aromatic rings. The number of rotatable bonds is 4. The molecule has 0 saturated heterocycles. The van der Waals surface area contributed by atoms with Gasteiger partial charge in [-0.1, -0.05) is 12.1 Å². The van der Waals surface area contributed by atoms with E-state index in [0.717, 1.165) is 11.3 Å². The quantitative estimate of drug-likeness (QED) is 0.803. The van der Waals surface area contributed by atoms with Gasteiger partial charge in [-0.2, -0.15) is 0 Å². The number of imidazole rings is 1. The summed E-state index contributed by atoms with van der Waals surface area (Å²) in [6, 6.07) is 9.61. The van der Waals surface area contributed by atoms with Gasteiger partial charge in [-0.3, -0.25) is 4.79 Å². The molecule has 1 amide bonds. The van der Waals surface area contributed by atoms with Crippen molar-refractivity contribution in [3.8, 4) is 5.69 Å². The van der Waals surface area contributed by atoms with Gasteiger partial charge in [-0.05, 0) is 37.6 Å². The highest BCUT2D eigenvalue weighted by Gasteiger charge is 2.15. The summed E-state index contributed by atoms with van der Waals surface area (Å²) in [4.78, 5) is 16.2. The molecular weight excluding hydrogens is 278 g/mol. The maximum Gasteiger partial charge on any atom is 0.255 e. The number of hydrogen-bond acceptors (Lipinski definition) is 3. The zero-order chi connectivity index (χ0) is 15.5. The topological polar surface area (TPSA) is 60.1 Å². The molecule has 0 radical (unpaired) electrons. The largest absolute Gasteiger partial charge is 0.469 e. The standard InChI is InChI=1S/C17H17N3O2/c1-12(19-17(21)16-7-10-22-13(16)2)14-3-5-15(6-4-14)20-9-8-18-11-20/h3-12H,1-2H3,(H,19,21). The highest BCUT2D eigenvalue weighted by Crippen LogP contribution is 2.17. The lowest BCUT2D eigenvalue weighted by Crippen LogP contribution is -2.26. The molecule has 3 rings (SSSR count). The fourth-order valence-electron chi connectivity index (χ4n) is 2.33. The first kappa shape index (κ1) is 14.1. The number of benzene rings is 1. The van der Waals surface area contributed by atoms with E-state index in [1.165, 1.54) is 6.26 Å². The number of hydrogen-bond donors (Lipinski definition) is 1. The van der Waals surface area contributed by atoms with Gasteiger partial charge >= 0.3 is 0 Å². The Bertz CT molecular complexity index is 758. The average molecular weight is 295 g/mol. The minimum atomic E-state index is -0.127. The number of aromatic nitrogens is 2. The Morgan fingerprint density at radius 2 is 2.05 bits per heavy atom. The van der Waals surface area contributed by atoms with Gasteiger partial charge < -0.3 is 14.3 Å². The fraction of sp³-hybridized carbons (Fsp3) is 0.176. The van der Waals surface area contributed by atoms with Gasteiger partial charge in [0.15, 0.2) is 0 Å². The summed E-state index contributed by atoms with van der Waals surface area (Å²) in [7, 11) is 0. The minimum Gasteiger partial charge on any atom is -0.469 e. The molecule has 112 valence electrons. The summed E-state index contributed by atoms with van der Waals surface area (Å²) < 4.78 is 7.09. The van der Waals surface area contributed by atoms with Crippen LogP contribution in [0.4, 0.5) is 0 Å². The lowest BCUT2D eigenvalue weighted by atomic mass is 10.1. The van der Waals surface area contributed by atoms with Crippen LogP contribution >= 0.6 is 0 Å². The lowest BCUT2D eigenvalue weighted by Gasteiger charge is -2.14. The highest BCUT2D eigenvalue weighted by atomic mass is 16.3. The van der Waals surface area contributed by atoms with Gasteiger partial charge in [0, 0.05) is 18.1 Å². The van der Waals surface area contributed by atoms with Crippen LogP contribution < -0.4 is 5.32 Å². The SMILES string of the molecule is Cc1occc1C(=O)NC(C)c1ccc(-n2ccnc2)cc1. The summed E-state index contributed by atoms with van der Waals surface area (Å²) in [6.07, 6.45) is 6.91. The summed E-state index contributed by atoms with van der Waals surface area (Å²) in [5.74, 6) is 0.498. The van der Waals surface area contributed by atoms with E-state index in [4.69, 9.17) is 4.42 Å². The van der Waals surface area contributed by atoms with Gasteiger partial charge in [0.25, 0.3) is 5.91 Å². The number of furan rings is 1. The van der Waals surface area contributed by atoms with E-state index in [1.807, 2.05) is 42.0 Å². The van der Waals surface area contributed by atoms with Crippen molar-refractivity contribution in [2.45, 2.75) is 19.9 Å². The lowest BCUT2D eigenvalue weighted by molar-refractivity contribution is 0.0938. The molecule has 0 saturated carbocycles. The van der Waals surface area contributed by atoms with Crippen LogP contribution in [0.25, 0.3) is 5.69 Å². The third-order valence-corrected chi connectivity index (χ3v) is 3.65. The first-order valence-electron chi connectivity index (χ1n) is 7.08. The third kappa shape index (κ3) is 2.79. The predicted octanol–water partition coefficient (Wildman–Crippen LogP) is 3.26. The molecule has 5 heteroatoms. The molecule has 0 aliphatic carbocycles. The van der Waals surface area contributed by atoms with E-state index in [-0.39, 0.29) is 11.9 Å². The van der Waals surface area contributed by atoms with Gasteiger partial charge in [0.05, 0.1) is 24.2 Å². The van der Waals surface area contributed by atoms with Crippen LogP contribution in [0, 0.1) is 6.92 Å². The molecule has 0 aliphatic heterocycles. The van der Waals surface area contributed by atoms with Crippen LogP contribution in [0.5, 0.6) is 0 Å². The number of carbonyl (C=O) groups excluding carboxylic acids is 1. The number of nitrogens with zero attached hydrogens (tertiary/aromatic N) is 2. The number of nitrogens with one attached hydrogen (secondary N) is 1. The molecule has 1 aromatic carbocycles. The molecule has 1 atom stereocenters. The Balaban J connectivity index is 1.71. The Hall–Kier alpha value is -2.82. The maximum absolute atomic E-state index is 12.2.